The van der Waals surface area contributed by atoms with Crippen molar-refractivity contribution < 1.29 is 4.79 Å². The Kier molecular flexibility index (Phi) is 7.09. The monoisotopic (exact) mass is 370 g/mol. The van der Waals surface area contributed by atoms with Crippen LogP contribution in [0, 0.1) is 5.92 Å². The molecule has 1 aliphatic heterocycles. The molecule has 3 heterocycles. The molecular weight excluding hydrogens is 348 g/mol. The van der Waals surface area contributed by atoms with Crippen molar-refractivity contribution in [2.45, 2.75) is 38.9 Å². The first-order valence-electron chi connectivity index (χ1n) is 7.79. The minimum Gasteiger partial charge on any atom is -0.332 e. The maximum absolute atomic E-state index is 13.0. The van der Waals surface area contributed by atoms with Gasteiger partial charge in [0.25, 0.3) is 0 Å². The van der Waals surface area contributed by atoms with Crippen molar-refractivity contribution in [1.82, 2.24) is 10.2 Å². The highest BCUT2D eigenvalue weighted by Crippen LogP contribution is 2.23. The van der Waals surface area contributed by atoms with Crippen molar-refractivity contribution in [3.8, 4) is 0 Å². The fraction of sp³-hybridized carbons (Fsp3) is 0.471. The van der Waals surface area contributed by atoms with Crippen LogP contribution in [0.4, 0.5) is 0 Å². The van der Waals surface area contributed by atoms with Gasteiger partial charge in [-0.2, -0.15) is 0 Å². The lowest BCUT2D eigenvalue weighted by atomic mass is 9.92. The second-order valence-electron chi connectivity index (χ2n) is 5.93. The molecule has 1 aliphatic rings. The van der Waals surface area contributed by atoms with E-state index in [1.54, 1.807) is 22.7 Å². The zero-order valence-corrected chi connectivity index (χ0v) is 15.7. The summed E-state index contributed by atoms with van der Waals surface area (Å²) >= 11 is 3.45. The summed E-state index contributed by atoms with van der Waals surface area (Å²) in [6.07, 6.45) is 1.90. The number of halogens is 1. The fourth-order valence-electron chi connectivity index (χ4n) is 3.01. The standard InChI is InChI=1S/C17H22N2OS2.ClH/c1-13-10-14(6-7-18-13)17(20)19(11-15-4-2-8-21-15)12-16-5-3-9-22-16;/h2-5,8-9,13-14,18H,6-7,10-12H2,1H3;1H/t13-,14-;/m0./s1. The summed E-state index contributed by atoms with van der Waals surface area (Å²) in [5.41, 5.74) is 0. The van der Waals surface area contributed by atoms with Crippen molar-refractivity contribution >= 4 is 41.0 Å². The van der Waals surface area contributed by atoms with Crippen LogP contribution in [0.2, 0.25) is 0 Å². The van der Waals surface area contributed by atoms with Gasteiger partial charge >= 0.3 is 0 Å². The Balaban J connectivity index is 0.00000192. The van der Waals surface area contributed by atoms with E-state index in [9.17, 15) is 4.79 Å². The molecule has 0 spiro atoms. The smallest absolute Gasteiger partial charge is 0.226 e. The third-order valence-corrected chi connectivity index (χ3v) is 5.86. The lowest BCUT2D eigenvalue weighted by Gasteiger charge is -2.32. The molecular formula is C17H23ClN2OS2. The van der Waals surface area contributed by atoms with E-state index in [1.807, 2.05) is 4.90 Å². The molecule has 0 radical (unpaired) electrons. The number of nitrogens with zero attached hydrogens (tertiary/aromatic N) is 1. The SMILES string of the molecule is C[C@H]1C[C@@H](C(=O)N(Cc2cccs2)Cc2cccs2)CCN1.Cl. The van der Waals surface area contributed by atoms with Crippen molar-refractivity contribution in [2.24, 2.45) is 5.92 Å². The number of piperidine rings is 1. The molecule has 2 atom stereocenters. The zero-order chi connectivity index (χ0) is 15.4. The number of thiophene rings is 2. The Labute approximate surface area is 152 Å². The van der Waals surface area contributed by atoms with E-state index in [2.05, 4.69) is 47.3 Å². The first-order valence-corrected chi connectivity index (χ1v) is 9.55. The average molecular weight is 371 g/mol. The highest BCUT2D eigenvalue weighted by molar-refractivity contribution is 7.10. The summed E-state index contributed by atoms with van der Waals surface area (Å²) in [5, 5.41) is 7.59. The summed E-state index contributed by atoms with van der Waals surface area (Å²) < 4.78 is 0. The molecule has 23 heavy (non-hydrogen) atoms. The normalized spacial score (nSPS) is 20.7. The van der Waals surface area contributed by atoms with Crippen LogP contribution in [0.15, 0.2) is 35.0 Å². The third-order valence-electron chi connectivity index (χ3n) is 4.14. The van der Waals surface area contributed by atoms with Crippen LogP contribution >= 0.6 is 35.1 Å². The molecule has 0 aliphatic carbocycles. The van der Waals surface area contributed by atoms with Crippen molar-refractivity contribution in [1.29, 1.82) is 0 Å². The molecule has 1 saturated heterocycles. The predicted molar refractivity (Wildman–Crippen MR) is 100 cm³/mol. The van der Waals surface area contributed by atoms with Crippen molar-refractivity contribution in [3.63, 3.8) is 0 Å². The van der Waals surface area contributed by atoms with E-state index in [0.29, 0.717) is 11.9 Å². The molecule has 1 amide bonds. The van der Waals surface area contributed by atoms with Gasteiger partial charge in [-0.25, -0.2) is 0 Å². The largest absolute Gasteiger partial charge is 0.332 e. The number of rotatable bonds is 5. The third kappa shape index (κ3) is 5.05. The van der Waals surface area contributed by atoms with Crippen LogP contribution in [0.25, 0.3) is 0 Å². The Hall–Kier alpha value is -0.880. The molecule has 1 fully saturated rings. The van der Waals surface area contributed by atoms with E-state index in [1.165, 1.54) is 9.75 Å². The highest BCUT2D eigenvalue weighted by Gasteiger charge is 2.29. The van der Waals surface area contributed by atoms with Crippen molar-refractivity contribution in [3.05, 3.63) is 44.8 Å². The number of carbonyl (C=O) groups is 1. The molecule has 3 nitrogen and oxygen atoms in total. The van der Waals surface area contributed by atoms with E-state index < -0.39 is 0 Å². The Bertz CT molecular complexity index is 550. The minimum atomic E-state index is 0. The average Bonchev–Trinajstić information content (AvgIpc) is 3.19. The van der Waals surface area contributed by atoms with Gasteiger partial charge in [-0.1, -0.05) is 12.1 Å². The first-order chi connectivity index (χ1) is 10.7. The maximum atomic E-state index is 13.0. The molecule has 0 bridgehead atoms. The minimum absolute atomic E-state index is 0. The van der Waals surface area contributed by atoms with Gasteiger partial charge in [0.1, 0.15) is 0 Å². The molecule has 2 aromatic rings. The molecule has 6 heteroatoms. The van der Waals surface area contributed by atoms with Crippen LogP contribution in [-0.4, -0.2) is 23.4 Å². The second-order valence-corrected chi connectivity index (χ2v) is 7.99. The number of amides is 1. The molecule has 1 N–H and O–H groups in total. The van der Waals surface area contributed by atoms with Crippen molar-refractivity contribution in [2.75, 3.05) is 6.54 Å². The molecule has 3 rings (SSSR count). The van der Waals surface area contributed by atoms with Gasteiger partial charge in [-0.05, 0) is 49.2 Å². The van der Waals surface area contributed by atoms with Crippen LogP contribution in [0.3, 0.4) is 0 Å². The summed E-state index contributed by atoms with van der Waals surface area (Å²) in [4.78, 5) is 17.6. The Morgan fingerprint density at radius 3 is 2.30 bits per heavy atom. The maximum Gasteiger partial charge on any atom is 0.226 e. The van der Waals surface area contributed by atoms with E-state index in [4.69, 9.17) is 0 Å². The summed E-state index contributed by atoms with van der Waals surface area (Å²) in [6.45, 7) is 4.57. The molecule has 126 valence electrons. The van der Waals surface area contributed by atoms with Gasteiger partial charge in [0.05, 0.1) is 13.1 Å². The fourth-order valence-corrected chi connectivity index (χ4v) is 4.45. The van der Waals surface area contributed by atoms with Gasteiger partial charge in [0.2, 0.25) is 5.91 Å². The van der Waals surface area contributed by atoms with E-state index in [-0.39, 0.29) is 18.3 Å². The first kappa shape index (κ1) is 18.5. The second kappa shape index (κ2) is 8.83. The van der Waals surface area contributed by atoms with Gasteiger partial charge in [0, 0.05) is 21.7 Å². The van der Waals surface area contributed by atoms with Gasteiger partial charge < -0.3 is 10.2 Å². The van der Waals surface area contributed by atoms with Gasteiger partial charge in [-0.3, -0.25) is 4.79 Å². The van der Waals surface area contributed by atoms with Gasteiger partial charge in [0.15, 0.2) is 0 Å². The number of hydrogen-bond donors (Lipinski definition) is 1. The zero-order valence-electron chi connectivity index (χ0n) is 13.2. The van der Waals surface area contributed by atoms with E-state index >= 15 is 0 Å². The van der Waals surface area contributed by atoms with Crippen LogP contribution in [0.1, 0.15) is 29.5 Å². The predicted octanol–water partition coefficient (Wildman–Crippen LogP) is 4.15. The van der Waals surface area contributed by atoms with E-state index in [0.717, 1.165) is 32.5 Å². The van der Waals surface area contributed by atoms with Gasteiger partial charge in [-0.15, -0.1) is 35.1 Å². The number of carbonyl (C=O) groups excluding carboxylic acids is 1. The van der Waals surface area contributed by atoms with Crippen LogP contribution in [-0.2, 0) is 17.9 Å². The molecule has 0 aromatic carbocycles. The molecule has 0 saturated carbocycles. The lowest BCUT2D eigenvalue weighted by Crippen LogP contribution is -2.43. The topological polar surface area (TPSA) is 32.3 Å². The Morgan fingerprint density at radius 2 is 1.83 bits per heavy atom. The number of hydrogen-bond acceptors (Lipinski definition) is 4. The highest BCUT2D eigenvalue weighted by atomic mass is 35.5. The molecule has 2 aromatic heterocycles. The van der Waals surface area contributed by atoms with Crippen LogP contribution < -0.4 is 5.32 Å². The summed E-state index contributed by atoms with van der Waals surface area (Å²) in [5.74, 6) is 0.478. The summed E-state index contributed by atoms with van der Waals surface area (Å²) in [7, 11) is 0. The number of nitrogens with one attached hydrogen (secondary N) is 1. The Morgan fingerprint density at radius 1 is 1.22 bits per heavy atom. The summed E-state index contributed by atoms with van der Waals surface area (Å²) in [6, 6.07) is 8.78. The van der Waals surface area contributed by atoms with Crippen LogP contribution in [0.5, 0.6) is 0 Å². The quantitative estimate of drug-likeness (QED) is 0.857. The molecule has 0 unspecified atom stereocenters. The lowest BCUT2D eigenvalue weighted by molar-refractivity contribution is -0.137.